The molecule has 0 bridgehead atoms. The number of halogens is 2. The van der Waals surface area contributed by atoms with Gasteiger partial charge in [0.1, 0.15) is 11.4 Å². The summed E-state index contributed by atoms with van der Waals surface area (Å²) in [6.07, 6.45) is 7.46. The fraction of sp³-hybridized carbons (Fsp3) is 0.450. The molecule has 0 spiro atoms. The molecule has 0 aliphatic heterocycles. The molecule has 1 aliphatic rings. The highest BCUT2D eigenvalue weighted by Gasteiger charge is 2.43. The molecule has 9 nitrogen and oxygen atoms in total. The van der Waals surface area contributed by atoms with Gasteiger partial charge >= 0.3 is 6.09 Å². The minimum Gasteiger partial charge on any atom is -0.442 e. The van der Waals surface area contributed by atoms with Crippen LogP contribution >= 0.6 is 11.6 Å². The lowest BCUT2D eigenvalue weighted by Gasteiger charge is -2.19. The standard InChI is InChI=1S/C20H23ClFN7O2/c1-19(2,3)31-18(30)29-15(4-7-24-29)26-17-23-9-14(21)16(27-17)13-8-25-28(10-13)12-20(11-22)5-6-20/h4,7-10H,5-6,11-12H2,1-3H3,(H,23,26,27). The third-order valence-electron chi connectivity index (χ3n) is 4.84. The molecule has 3 aromatic rings. The Morgan fingerprint density at radius 1 is 1.32 bits per heavy atom. The number of anilines is 2. The van der Waals surface area contributed by atoms with Gasteiger partial charge in [0, 0.05) is 29.8 Å². The van der Waals surface area contributed by atoms with Gasteiger partial charge in [-0.3, -0.25) is 9.07 Å². The van der Waals surface area contributed by atoms with Crippen LogP contribution in [0.2, 0.25) is 5.02 Å². The molecule has 0 saturated heterocycles. The third-order valence-corrected chi connectivity index (χ3v) is 5.11. The summed E-state index contributed by atoms with van der Waals surface area (Å²) in [4.78, 5) is 21.0. The fourth-order valence-corrected chi connectivity index (χ4v) is 3.22. The average Bonchev–Trinajstić information content (AvgIpc) is 3.09. The lowest BCUT2D eigenvalue weighted by atomic mass is 10.1. The molecular weight excluding hydrogens is 425 g/mol. The first-order chi connectivity index (χ1) is 14.7. The molecule has 4 rings (SSSR count). The summed E-state index contributed by atoms with van der Waals surface area (Å²) in [6, 6.07) is 1.60. The second-order valence-corrected chi connectivity index (χ2v) is 9.09. The molecule has 1 aliphatic carbocycles. The summed E-state index contributed by atoms with van der Waals surface area (Å²) in [5, 5.41) is 11.6. The average molecular weight is 448 g/mol. The second-order valence-electron chi connectivity index (χ2n) is 8.68. The van der Waals surface area contributed by atoms with Gasteiger partial charge in [0.2, 0.25) is 5.95 Å². The van der Waals surface area contributed by atoms with Gasteiger partial charge in [-0.05, 0) is 33.6 Å². The van der Waals surface area contributed by atoms with Crippen LogP contribution in [0.5, 0.6) is 0 Å². The van der Waals surface area contributed by atoms with Gasteiger partial charge in [0.05, 0.1) is 36.0 Å². The van der Waals surface area contributed by atoms with E-state index in [1.54, 1.807) is 43.9 Å². The van der Waals surface area contributed by atoms with Crippen LogP contribution in [0.4, 0.5) is 21.0 Å². The molecule has 0 aromatic carbocycles. The van der Waals surface area contributed by atoms with Crippen molar-refractivity contribution in [2.24, 2.45) is 5.41 Å². The Morgan fingerprint density at radius 2 is 2.10 bits per heavy atom. The maximum Gasteiger partial charge on any atom is 0.437 e. The topological polar surface area (TPSA) is 99.8 Å². The predicted octanol–water partition coefficient (Wildman–Crippen LogP) is 4.47. The van der Waals surface area contributed by atoms with Gasteiger partial charge < -0.3 is 10.1 Å². The molecule has 31 heavy (non-hydrogen) atoms. The Labute approximate surface area is 183 Å². The van der Waals surface area contributed by atoms with Crippen LogP contribution < -0.4 is 5.32 Å². The highest BCUT2D eigenvalue weighted by Crippen LogP contribution is 2.47. The molecule has 164 valence electrons. The van der Waals surface area contributed by atoms with Gasteiger partial charge in [-0.1, -0.05) is 11.6 Å². The number of alkyl halides is 1. The highest BCUT2D eigenvalue weighted by atomic mass is 35.5. The largest absolute Gasteiger partial charge is 0.442 e. The lowest BCUT2D eigenvalue weighted by molar-refractivity contribution is 0.0519. The molecular formula is C20H23ClFN7O2. The summed E-state index contributed by atoms with van der Waals surface area (Å²) in [7, 11) is 0. The van der Waals surface area contributed by atoms with Crippen molar-refractivity contribution in [3.63, 3.8) is 0 Å². The zero-order chi connectivity index (χ0) is 22.2. The Kier molecular flexibility index (Phi) is 5.42. The first-order valence-corrected chi connectivity index (χ1v) is 10.2. The van der Waals surface area contributed by atoms with Crippen LogP contribution in [0.25, 0.3) is 11.3 Å². The van der Waals surface area contributed by atoms with Gasteiger partial charge in [-0.25, -0.2) is 14.8 Å². The predicted molar refractivity (Wildman–Crippen MR) is 113 cm³/mol. The van der Waals surface area contributed by atoms with Crippen LogP contribution in [-0.4, -0.2) is 47.9 Å². The van der Waals surface area contributed by atoms with Crippen molar-refractivity contribution in [1.29, 1.82) is 0 Å². The first kappa shape index (κ1) is 21.2. The van der Waals surface area contributed by atoms with Crippen LogP contribution in [0.3, 0.4) is 0 Å². The van der Waals surface area contributed by atoms with Gasteiger partial charge in [0.15, 0.2) is 0 Å². The minimum atomic E-state index is -0.661. The van der Waals surface area contributed by atoms with E-state index in [1.807, 2.05) is 0 Å². The number of hydrogen-bond donors (Lipinski definition) is 1. The summed E-state index contributed by atoms with van der Waals surface area (Å²) in [5.41, 5.74) is 0.210. The van der Waals surface area contributed by atoms with E-state index in [1.165, 1.54) is 12.4 Å². The van der Waals surface area contributed by atoms with Crippen molar-refractivity contribution in [2.75, 3.05) is 12.0 Å². The van der Waals surface area contributed by atoms with Crippen LogP contribution in [0.1, 0.15) is 33.6 Å². The smallest absolute Gasteiger partial charge is 0.437 e. The summed E-state index contributed by atoms with van der Waals surface area (Å²) in [5.74, 6) is 0.566. The molecule has 0 unspecified atom stereocenters. The Balaban J connectivity index is 1.54. The SMILES string of the molecule is CC(C)(C)OC(=O)n1nccc1Nc1ncc(Cl)c(-c2cnn(CC3(CF)CC3)c2)n1. The van der Waals surface area contributed by atoms with Crippen molar-refractivity contribution in [1.82, 2.24) is 29.5 Å². The van der Waals surface area contributed by atoms with Gasteiger partial charge in [-0.2, -0.15) is 10.2 Å². The van der Waals surface area contributed by atoms with E-state index in [2.05, 4.69) is 25.5 Å². The van der Waals surface area contributed by atoms with E-state index in [9.17, 15) is 9.18 Å². The molecule has 1 saturated carbocycles. The molecule has 0 atom stereocenters. The van der Waals surface area contributed by atoms with Crippen molar-refractivity contribution in [2.45, 2.75) is 45.8 Å². The summed E-state index contributed by atoms with van der Waals surface area (Å²) < 4.78 is 21.4. The van der Waals surface area contributed by atoms with E-state index in [0.29, 0.717) is 28.6 Å². The second kappa shape index (κ2) is 7.92. The number of carbonyl (C=O) groups is 1. The van der Waals surface area contributed by atoms with Crippen molar-refractivity contribution in [3.05, 3.63) is 35.9 Å². The third kappa shape index (κ3) is 4.84. The number of carbonyl (C=O) groups excluding carboxylic acids is 1. The number of ether oxygens (including phenoxy) is 1. The first-order valence-electron chi connectivity index (χ1n) is 9.84. The van der Waals surface area contributed by atoms with Crippen LogP contribution in [-0.2, 0) is 11.3 Å². The van der Waals surface area contributed by atoms with Gasteiger partial charge in [0.25, 0.3) is 0 Å². The number of hydrogen-bond acceptors (Lipinski definition) is 7. The number of nitrogens with one attached hydrogen (secondary N) is 1. The molecule has 11 heteroatoms. The molecule has 1 fully saturated rings. The lowest BCUT2D eigenvalue weighted by Crippen LogP contribution is -2.28. The maximum absolute atomic E-state index is 13.2. The monoisotopic (exact) mass is 447 g/mol. The van der Waals surface area contributed by atoms with Gasteiger partial charge in [-0.15, -0.1) is 4.68 Å². The highest BCUT2D eigenvalue weighted by molar-refractivity contribution is 6.32. The van der Waals surface area contributed by atoms with Crippen molar-refractivity contribution in [3.8, 4) is 11.3 Å². The maximum atomic E-state index is 13.2. The number of rotatable bonds is 6. The van der Waals surface area contributed by atoms with E-state index in [4.69, 9.17) is 16.3 Å². The zero-order valence-electron chi connectivity index (χ0n) is 17.5. The van der Waals surface area contributed by atoms with Crippen LogP contribution in [0.15, 0.2) is 30.9 Å². The van der Waals surface area contributed by atoms with Crippen molar-refractivity contribution >= 4 is 29.5 Å². The Hall–Kier alpha value is -3.01. The minimum absolute atomic E-state index is 0.222. The molecule has 0 amide bonds. The molecule has 1 N–H and O–H groups in total. The van der Waals surface area contributed by atoms with E-state index in [0.717, 1.165) is 17.5 Å². The van der Waals surface area contributed by atoms with Crippen LogP contribution in [0, 0.1) is 5.41 Å². The van der Waals surface area contributed by atoms with E-state index in [-0.39, 0.29) is 18.0 Å². The summed E-state index contributed by atoms with van der Waals surface area (Å²) in [6.45, 7) is 5.49. The molecule has 3 heterocycles. The quantitative estimate of drug-likeness (QED) is 0.595. The number of aromatic nitrogens is 6. The normalized spacial score (nSPS) is 15.0. The molecule has 3 aromatic heterocycles. The molecule has 0 radical (unpaired) electrons. The fourth-order valence-electron chi connectivity index (χ4n) is 3.02. The summed E-state index contributed by atoms with van der Waals surface area (Å²) >= 11 is 6.31. The Morgan fingerprint density at radius 3 is 2.77 bits per heavy atom. The van der Waals surface area contributed by atoms with Crippen molar-refractivity contribution < 1.29 is 13.9 Å². The van der Waals surface area contributed by atoms with E-state index < -0.39 is 11.7 Å². The number of nitrogens with zero attached hydrogens (tertiary/aromatic N) is 6. The zero-order valence-corrected chi connectivity index (χ0v) is 18.2. The Bertz CT molecular complexity index is 1100. The van der Waals surface area contributed by atoms with E-state index >= 15 is 0 Å².